The molecule has 0 spiro atoms. The first kappa shape index (κ1) is 16.8. The molecule has 0 bridgehead atoms. The van der Waals surface area contributed by atoms with Crippen LogP contribution in [0.1, 0.15) is 40.2 Å². The summed E-state index contributed by atoms with van der Waals surface area (Å²) >= 11 is 3.46. The maximum atomic E-state index is 11.6. The molecule has 1 rings (SSSR count). The third kappa shape index (κ3) is 6.28. The lowest BCUT2D eigenvalue weighted by Crippen LogP contribution is -2.32. The van der Waals surface area contributed by atoms with Gasteiger partial charge in [-0.25, -0.2) is 4.79 Å². The Kier molecular flexibility index (Phi) is 5.87. The molecular formula is C15H22BrNO3. The number of nitrogens with one attached hydrogen (secondary N) is 1. The molecule has 0 saturated carbocycles. The Labute approximate surface area is 129 Å². The lowest BCUT2D eigenvalue weighted by Gasteiger charge is -2.19. The van der Waals surface area contributed by atoms with E-state index in [9.17, 15) is 4.79 Å². The fourth-order valence-corrected chi connectivity index (χ4v) is 2.01. The number of halogens is 1. The van der Waals surface area contributed by atoms with Gasteiger partial charge in [-0.15, -0.1) is 0 Å². The standard InChI is InChI=1S/C15H22BrNO3/c1-10(2)19-13-7-6-11(8-12(13)16)9-17-14(18)20-15(3,4)5/h6-8,10H,9H2,1-5H3,(H,17,18). The smallest absolute Gasteiger partial charge is 0.407 e. The topological polar surface area (TPSA) is 47.6 Å². The van der Waals surface area contributed by atoms with Crippen molar-refractivity contribution < 1.29 is 14.3 Å². The van der Waals surface area contributed by atoms with Gasteiger partial charge in [-0.2, -0.15) is 0 Å². The number of carbonyl (C=O) groups excluding carboxylic acids is 1. The molecule has 4 nitrogen and oxygen atoms in total. The van der Waals surface area contributed by atoms with E-state index >= 15 is 0 Å². The lowest BCUT2D eigenvalue weighted by atomic mass is 10.2. The van der Waals surface area contributed by atoms with Crippen molar-refractivity contribution in [2.75, 3.05) is 0 Å². The highest BCUT2D eigenvalue weighted by atomic mass is 79.9. The molecule has 0 aliphatic rings. The van der Waals surface area contributed by atoms with Gasteiger partial charge in [-0.3, -0.25) is 0 Å². The highest BCUT2D eigenvalue weighted by Gasteiger charge is 2.15. The Bertz CT molecular complexity index is 467. The largest absolute Gasteiger partial charge is 0.490 e. The molecule has 112 valence electrons. The van der Waals surface area contributed by atoms with Crippen LogP contribution in [0.2, 0.25) is 0 Å². The van der Waals surface area contributed by atoms with Crippen LogP contribution in [0.3, 0.4) is 0 Å². The molecule has 1 aromatic rings. The van der Waals surface area contributed by atoms with Crippen LogP contribution in [0.4, 0.5) is 4.79 Å². The predicted octanol–water partition coefficient (Wildman–Crippen LogP) is 4.26. The summed E-state index contributed by atoms with van der Waals surface area (Å²) in [6, 6.07) is 5.73. The van der Waals surface area contributed by atoms with Gasteiger partial charge in [0.25, 0.3) is 0 Å². The molecule has 5 heteroatoms. The van der Waals surface area contributed by atoms with Gasteiger partial charge in [0.2, 0.25) is 0 Å². The summed E-state index contributed by atoms with van der Waals surface area (Å²) in [7, 11) is 0. The average Bonchev–Trinajstić information content (AvgIpc) is 2.27. The van der Waals surface area contributed by atoms with E-state index < -0.39 is 11.7 Å². The minimum Gasteiger partial charge on any atom is -0.490 e. The Morgan fingerprint density at radius 2 is 2.00 bits per heavy atom. The number of ether oxygens (including phenoxy) is 2. The van der Waals surface area contributed by atoms with Gasteiger partial charge < -0.3 is 14.8 Å². The monoisotopic (exact) mass is 343 g/mol. The maximum Gasteiger partial charge on any atom is 0.407 e. The highest BCUT2D eigenvalue weighted by molar-refractivity contribution is 9.10. The van der Waals surface area contributed by atoms with Crippen LogP contribution in [-0.2, 0) is 11.3 Å². The van der Waals surface area contributed by atoms with E-state index in [1.54, 1.807) is 0 Å². The third-order valence-corrected chi connectivity index (χ3v) is 2.81. The van der Waals surface area contributed by atoms with Crippen LogP contribution >= 0.6 is 15.9 Å². The molecule has 0 aromatic heterocycles. The predicted molar refractivity (Wildman–Crippen MR) is 83.0 cm³/mol. The number of hydrogen-bond donors (Lipinski definition) is 1. The molecule has 1 aromatic carbocycles. The average molecular weight is 344 g/mol. The second-order valence-electron chi connectivity index (χ2n) is 5.79. The quantitative estimate of drug-likeness (QED) is 0.888. The van der Waals surface area contributed by atoms with E-state index in [-0.39, 0.29) is 6.10 Å². The van der Waals surface area contributed by atoms with Crippen molar-refractivity contribution >= 4 is 22.0 Å². The van der Waals surface area contributed by atoms with E-state index in [0.717, 1.165) is 15.8 Å². The van der Waals surface area contributed by atoms with Crippen LogP contribution in [0.15, 0.2) is 22.7 Å². The molecule has 0 fully saturated rings. The van der Waals surface area contributed by atoms with Gasteiger partial charge in [0.15, 0.2) is 0 Å². The summed E-state index contributed by atoms with van der Waals surface area (Å²) < 4.78 is 11.7. The first-order valence-corrected chi connectivity index (χ1v) is 7.38. The Hall–Kier alpha value is -1.23. The van der Waals surface area contributed by atoms with Crippen LogP contribution in [0, 0.1) is 0 Å². The van der Waals surface area contributed by atoms with Gasteiger partial charge in [-0.1, -0.05) is 6.07 Å². The third-order valence-electron chi connectivity index (χ3n) is 2.19. The Morgan fingerprint density at radius 3 is 2.50 bits per heavy atom. The molecule has 0 unspecified atom stereocenters. The molecule has 0 atom stereocenters. The fourth-order valence-electron chi connectivity index (χ4n) is 1.49. The normalized spacial score (nSPS) is 11.3. The minimum absolute atomic E-state index is 0.122. The van der Waals surface area contributed by atoms with Crippen molar-refractivity contribution in [1.29, 1.82) is 0 Å². The zero-order valence-electron chi connectivity index (χ0n) is 12.6. The highest BCUT2D eigenvalue weighted by Crippen LogP contribution is 2.26. The van der Waals surface area contributed by atoms with E-state index in [1.165, 1.54) is 0 Å². The van der Waals surface area contributed by atoms with Gasteiger partial charge in [0.1, 0.15) is 11.4 Å². The summed E-state index contributed by atoms with van der Waals surface area (Å²) in [4.78, 5) is 11.6. The molecule has 0 aliphatic heterocycles. The van der Waals surface area contributed by atoms with Crippen molar-refractivity contribution in [3.8, 4) is 5.75 Å². The first-order valence-electron chi connectivity index (χ1n) is 6.59. The summed E-state index contributed by atoms with van der Waals surface area (Å²) in [5, 5.41) is 2.72. The molecular weight excluding hydrogens is 322 g/mol. The van der Waals surface area contributed by atoms with Crippen LogP contribution in [0.5, 0.6) is 5.75 Å². The Balaban J connectivity index is 2.57. The van der Waals surface area contributed by atoms with Crippen molar-refractivity contribution in [3.05, 3.63) is 28.2 Å². The number of rotatable bonds is 4. The molecule has 1 amide bonds. The molecule has 0 heterocycles. The van der Waals surface area contributed by atoms with Crippen molar-refractivity contribution in [2.24, 2.45) is 0 Å². The number of benzene rings is 1. The molecule has 20 heavy (non-hydrogen) atoms. The van der Waals surface area contributed by atoms with Gasteiger partial charge in [-0.05, 0) is 68.2 Å². The Morgan fingerprint density at radius 1 is 1.35 bits per heavy atom. The fraction of sp³-hybridized carbons (Fsp3) is 0.533. The number of hydrogen-bond acceptors (Lipinski definition) is 3. The molecule has 0 saturated heterocycles. The summed E-state index contributed by atoms with van der Waals surface area (Å²) in [6.45, 7) is 9.87. The van der Waals surface area contributed by atoms with Gasteiger partial charge >= 0.3 is 6.09 Å². The number of carbonyl (C=O) groups is 1. The summed E-state index contributed by atoms with van der Waals surface area (Å²) in [5.41, 5.74) is 0.485. The number of alkyl carbamates (subject to hydrolysis) is 1. The zero-order chi connectivity index (χ0) is 15.3. The van der Waals surface area contributed by atoms with Crippen LogP contribution in [0.25, 0.3) is 0 Å². The lowest BCUT2D eigenvalue weighted by molar-refractivity contribution is 0.0523. The maximum absolute atomic E-state index is 11.6. The summed E-state index contributed by atoms with van der Waals surface area (Å²) in [5.74, 6) is 0.793. The van der Waals surface area contributed by atoms with Crippen molar-refractivity contribution in [1.82, 2.24) is 5.32 Å². The number of amides is 1. The van der Waals surface area contributed by atoms with E-state index in [4.69, 9.17) is 9.47 Å². The van der Waals surface area contributed by atoms with Gasteiger partial charge in [0.05, 0.1) is 10.6 Å². The van der Waals surface area contributed by atoms with Crippen LogP contribution < -0.4 is 10.1 Å². The summed E-state index contributed by atoms with van der Waals surface area (Å²) in [6.07, 6.45) is -0.298. The first-order chi connectivity index (χ1) is 9.17. The second-order valence-corrected chi connectivity index (χ2v) is 6.64. The van der Waals surface area contributed by atoms with E-state index in [2.05, 4.69) is 21.2 Å². The van der Waals surface area contributed by atoms with Crippen LogP contribution in [-0.4, -0.2) is 17.8 Å². The van der Waals surface area contributed by atoms with Gasteiger partial charge in [0, 0.05) is 6.54 Å². The molecule has 0 aliphatic carbocycles. The second kappa shape index (κ2) is 6.97. The van der Waals surface area contributed by atoms with E-state index in [0.29, 0.717) is 6.54 Å². The molecule has 1 N–H and O–H groups in total. The van der Waals surface area contributed by atoms with Crippen molar-refractivity contribution in [2.45, 2.75) is 52.9 Å². The zero-order valence-corrected chi connectivity index (χ0v) is 14.2. The molecule has 0 radical (unpaired) electrons. The SMILES string of the molecule is CC(C)Oc1ccc(CNC(=O)OC(C)(C)C)cc1Br. The van der Waals surface area contributed by atoms with Crippen molar-refractivity contribution in [3.63, 3.8) is 0 Å². The van der Waals surface area contributed by atoms with E-state index in [1.807, 2.05) is 52.8 Å². The minimum atomic E-state index is -0.486.